The number of nitrogens with two attached hydrogens (primary N) is 1. The fourth-order valence-electron chi connectivity index (χ4n) is 1.26. The molecule has 8 heteroatoms. The fraction of sp³-hybridized carbons (Fsp3) is 0.250. The average Bonchev–Trinajstić information content (AvgIpc) is 2.57. The molecule has 2 heterocycles. The van der Waals surface area contributed by atoms with Crippen LogP contribution in [0.15, 0.2) is 10.9 Å². The van der Waals surface area contributed by atoms with E-state index in [9.17, 15) is 4.79 Å². The third-order valence-electron chi connectivity index (χ3n) is 1.90. The van der Waals surface area contributed by atoms with Crippen LogP contribution < -0.4 is 16.7 Å². The first-order valence-electron chi connectivity index (χ1n) is 4.59. The van der Waals surface area contributed by atoms with Crippen LogP contribution in [0.1, 0.15) is 11.5 Å². The summed E-state index contributed by atoms with van der Waals surface area (Å²) >= 11 is 1.36. The monoisotopic (exact) mass is 240 g/mol. The van der Waals surface area contributed by atoms with Crippen molar-refractivity contribution < 1.29 is 11.1 Å². The van der Waals surface area contributed by atoms with Crippen LogP contribution in [0.4, 0.5) is 0 Å². The normalized spacial score (nSPS) is 10.9. The quantitative estimate of drug-likeness (QED) is 0.391. The molecular weight excluding hydrogens is 228 g/mol. The molecule has 0 aliphatic rings. The van der Waals surface area contributed by atoms with Gasteiger partial charge in [-0.1, -0.05) is 0 Å². The van der Waals surface area contributed by atoms with E-state index in [-0.39, 0.29) is 5.56 Å². The smallest absolute Gasteiger partial charge is 0.274 e. The number of hydrogen-bond donors (Lipinski definition) is 3. The highest BCUT2D eigenvalue weighted by Gasteiger charge is 2.09. The zero-order valence-electron chi connectivity index (χ0n) is 8.73. The summed E-state index contributed by atoms with van der Waals surface area (Å²) in [7, 11) is 0. The minimum absolute atomic E-state index is 0.169. The Morgan fingerprint density at radius 3 is 3.12 bits per heavy atom. The molecule has 84 valence electrons. The summed E-state index contributed by atoms with van der Waals surface area (Å²) in [6, 6.07) is 1.45. The van der Waals surface area contributed by atoms with Gasteiger partial charge in [0.2, 0.25) is 0 Å². The van der Waals surface area contributed by atoms with E-state index < -0.39 is 0 Å². The van der Waals surface area contributed by atoms with Crippen molar-refractivity contribution in [2.75, 3.05) is 0 Å². The number of aryl methyl sites for hydroxylation is 1. The van der Waals surface area contributed by atoms with Gasteiger partial charge in [-0.25, -0.2) is 10.4 Å². The van der Waals surface area contributed by atoms with Crippen molar-refractivity contribution >= 4 is 22.7 Å². The molecule has 0 aliphatic carbocycles. The van der Waals surface area contributed by atoms with Gasteiger partial charge in [-0.3, -0.25) is 15.6 Å². The maximum atomic E-state index is 11.6. The molecule has 0 saturated heterocycles. The second-order valence-corrected chi connectivity index (χ2v) is 4.40. The highest BCUT2D eigenvalue weighted by atomic mass is 32.2. The van der Waals surface area contributed by atoms with Gasteiger partial charge in [0, 0.05) is 23.5 Å². The van der Waals surface area contributed by atoms with Crippen LogP contribution in [0.3, 0.4) is 0 Å². The van der Waals surface area contributed by atoms with Crippen molar-refractivity contribution in [3.05, 3.63) is 27.9 Å². The van der Waals surface area contributed by atoms with Crippen molar-refractivity contribution in [3.8, 4) is 0 Å². The van der Waals surface area contributed by atoms with Gasteiger partial charge in [0.15, 0.2) is 0 Å². The first-order valence-corrected chi connectivity index (χ1v) is 5.57. The summed E-state index contributed by atoms with van der Waals surface area (Å²) in [6.45, 7) is 1.76. The predicted octanol–water partition coefficient (Wildman–Crippen LogP) is -2.68. The SMILES string of the molecule is Cc1cc(=O)n2[nH]c(CSC(=[NH2+])[NH3+])nc2n1. The van der Waals surface area contributed by atoms with E-state index in [1.54, 1.807) is 6.92 Å². The molecule has 7 nitrogen and oxygen atoms in total. The molecular formula is C8H12N6OS+2. The highest BCUT2D eigenvalue weighted by Crippen LogP contribution is 2.05. The number of aromatic amines is 1. The lowest BCUT2D eigenvalue weighted by Gasteiger charge is -1.90. The van der Waals surface area contributed by atoms with Crippen LogP contribution in [0.2, 0.25) is 0 Å². The van der Waals surface area contributed by atoms with Crippen molar-refractivity contribution in [2.24, 2.45) is 0 Å². The number of quaternary nitrogens is 1. The minimum Gasteiger partial charge on any atom is -0.274 e. The Kier molecular flexibility index (Phi) is 2.75. The molecule has 2 aromatic rings. The largest absolute Gasteiger partial charge is 0.392 e. The average molecular weight is 240 g/mol. The molecule has 0 atom stereocenters. The number of H-pyrrole nitrogens is 1. The van der Waals surface area contributed by atoms with Crippen LogP contribution in [-0.4, -0.2) is 24.7 Å². The molecule has 16 heavy (non-hydrogen) atoms. The predicted molar refractivity (Wildman–Crippen MR) is 59.5 cm³/mol. The van der Waals surface area contributed by atoms with Gasteiger partial charge in [0.1, 0.15) is 5.82 Å². The number of thioether (sulfide) groups is 1. The van der Waals surface area contributed by atoms with Crippen molar-refractivity contribution in [3.63, 3.8) is 0 Å². The summed E-state index contributed by atoms with van der Waals surface area (Å²) in [4.78, 5) is 19.9. The number of nitrogens with one attached hydrogen (secondary N) is 1. The van der Waals surface area contributed by atoms with Gasteiger partial charge in [-0.05, 0) is 6.92 Å². The molecule has 0 aliphatic heterocycles. The summed E-state index contributed by atoms with van der Waals surface area (Å²) in [5.74, 6) is 1.56. The number of rotatable bonds is 2. The van der Waals surface area contributed by atoms with E-state index in [4.69, 9.17) is 5.41 Å². The molecule has 0 fully saturated rings. The van der Waals surface area contributed by atoms with Gasteiger partial charge in [0.05, 0.1) is 5.75 Å². The van der Waals surface area contributed by atoms with E-state index in [2.05, 4.69) is 20.8 Å². The second kappa shape index (κ2) is 4.06. The zero-order chi connectivity index (χ0) is 11.7. The Labute approximate surface area is 94.6 Å². The molecule has 0 radical (unpaired) electrons. The molecule has 0 spiro atoms. The summed E-state index contributed by atoms with van der Waals surface area (Å²) in [5, 5.41) is 8.80. The lowest BCUT2D eigenvalue weighted by Crippen LogP contribution is -2.68. The van der Waals surface area contributed by atoms with E-state index in [0.717, 1.165) is 0 Å². The Balaban J connectivity index is 2.40. The number of fused-ring (bicyclic) bond motifs is 1. The van der Waals surface area contributed by atoms with Crippen molar-refractivity contribution in [1.82, 2.24) is 19.6 Å². The van der Waals surface area contributed by atoms with Gasteiger partial charge in [-0.15, -0.1) is 0 Å². The molecule has 0 saturated carbocycles. The van der Waals surface area contributed by atoms with Crippen molar-refractivity contribution in [2.45, 2.75) is 12.7 Å². The molecule has 0 unspecified atom stereocenters. The summed E-state index contributed by atoms with van der Waals surface area (Å²) < 4.78 is 1.31. The molecule has 2 rings (SSSR count). The third kappa shape index (κ3) is 2.12. The van der Waals surface area contributed by atoms with Gasteiger partial charge in [-0.2, -0.15) is 9.50 Å². The first kappa shape index (κ1) is 10.8. The van der Waals surface area contributed by atoms with Crippen LogP contribution in [0, 0.1) is 6.92 Å². The van der Waals surface area contributed by atoms with E-state index in [0.29, 0.717) is 28.2 Å². The van der Waals surface area contributed by atoms with E-state index in [1.807, 2.05) is 0 Å². The molecule has 0 amide bonds. The van der Waals surface area contributed by atoms with Gasteiger partial charge >= 0.3 is 5.17 Å². The Bertz CT molecular complexity index is 600. The van der Waals surface area contributed by atoms with Gasteiger partial charge in [0.25, 0.3) is 11.3 Å². The first-order chi connectivity index (χ1) is 7.56. The molecule has 2 aromatic heterocycles. The number of aromatic nitrogens is 4. The van der Waals surface area contributed by atoms with Gasteiger partial charge < -0.3 is 0 Å². The van der Waals surface area contributed by atoms with E-state index in [1.165, 1.54) is 22.3 Å². The maximum Gasteiger partial charge on any atom is 0.392 e. The number of nitrogens with zero attached hydrogens (tertiary/aromatic N) is 3. The van der Waals surface area contributed by atoms with Crippen LogP contribution >= 0.6 is 11.8 Å². The molecule has 6 N–H and O–H groups in total. The third-order valence-corrected chi connectivity index (χ3v) is 2.69. The lowest BCUT2D eigenvalue weighted by molar-refractivity contribution is -0.290. The van der Waals surface area contributed by atoms with Crippen LogP contribution in [0.25, 0.3) is 5.78 Å². The Morgan fingerprint density at radius 2 is 2.44 bits per heavy atom. The molecule has 0 aromatic carbocycles. The number of amidine groups is 1. The number of hydrogen-bond acceptors (Lipinski definition) is 4. The second-order valence-electron chi connectivity index (χ2n) is 3.30. The lowest BCUT2D eigenvalue weighted by atomic mass is 10.5. The fourth-order valence-corrected chi connectivity index (χ4v) is 1.71. The van der Waals surface area contributed by atoms with E-state index >= 15 is 0 Å². The van der Waals surface area contributed by atoms with Crippen molar-refractivity contribution in [1.29, 1.82) is 0 Å². The topological polar surface area (TPSA) is 116 Å². The zero-order valence-corrected chi connectivity index (χ0v) is 9.54. The maximum absolute atomic E-state index is 11.6. The minimum atomic E-state index is -0.169. The summed E-state index contributed by atoms with van der Waals surface area (Å²) in [5.41, 5.74) is 4.05. The van der Waals surface area contributed by atoms with Crippen LogP contribution in [-0.2, 0) is 5.75 Å². The summed E-state index contributed by atoms with van der Waals surface area (Å²) in [6.07, 6.45) is 0. The van der Waals surface area contributed by atoms with Crippen LogP contribution in [0.5, 0.6) is 0 Å². The standard InChI is InChI=1S/C8H10N6OS/c1-4-2-6(15)14-8(11-4)12-5(13-14)3-16-7(9)10/h2H,3H2,1H3,(H3,9,10)(H,11,12,13)/p+2. The Morgan fingerprint density at radius 1 is 1.69 bits per heavy atom. The molecule has 0 bridgehead atoms. The Hall–Kier alpha value is -1.67. The highest BCUT2D eigenvalue weighted by molar-refractivity contribution is 8.12.